The molecule has 11 heavy (non-hydrogen) atoms. The molecule has 0 saturated heterocycles. The van der Waals surface area contributed by atoms with E-state index in [1.807, 2.05) is 30.5 Å². The Bertz CT molecular complexity index is 288. The van der Waals surface area contributed by atoms with Gasteiger partial charge in [0.1, 0.15) is 0 Å². The fraction of sp³-hybridized carbons (Fsp3) is 0. The molecule has 0 atom stereocenters. The maximum atomic E-state index is 4.76. The molecule has 0 unspecified atom stereocenters. The molecule has 2 rings (SSSR count). The van der Waals surface area contributed by atoms with E-state index >= 15 is 0 Å². The molecule has 3 heteroatoms. The number of fused-ring (bicyclic) bond motifs is 1. The van der Waals surface area contributed by atoms with Crippen molar-refractivity contribution in [3.8, 4) is 0 Å². The van der Waals surface area contributed by atoms with Crippen LogP contribution >= 0.6 is 9.69 Å². The number of hydrogen-bond donors (Lipinski definition) is 1. The molecule has 0 radical (unpaired) electrons. The second kappa shape index (κ2) is 4.53. The summed E-state index contributed by atoms with van der Waals surface area (Å²) in [6.07, 6.45) is 1.82. The van der Waals surface area contributed by atoms with Gasteiger partial charge in [0.25, 0.3) is 0 Å². The number of para-hydroxylation sites is 1. The van der Waals surface area contributed by atoms with Gasteiger partial charge in [0, 0.05) is 0 Å². The minimum absolute atomic E-state index is 0.847. The number of hydrogen-bond acceptors (Lipinski definition) is 0. The first-order valence-corrected chi connectivity index (χ1v) is 7.07. The first kappa shape index (κ1) is 8.77. The summed E-state index contributed by atoms with van der Waals surface area (Å²) in [6.45, 7) is 0. The van der Waals surface area contributed by atoms with Gasteiger partial charge in [0.2, 0.25) is 0 Å². The Balaban J connectivity index is 0.000000281. The quantitative estimate of drug-likeness (QED) is 0.515. The Morgan fingerprint density at radius 3 is 2.73 bits per heavy atom. The second-order valence-corrected chi connectivity index (χ2v) is 1.98. The van der Waals surface area contributed by atoms with Gasteiger partial charge in [-0.3, -0.25) is 0 Å². The summed E-state index contributed by atoms with van der Waals surface area (Å²) < 4.78 is 0. The third-order valence-electron chi connectivity index (χ3n) is 1.38. The molecule has 1 aromatic carbocycles. The molecule has 2 aromatic rings. The topological polar surface area (TPSA) is 15.8 Å². The van der Waals surface area contributed by atoms with E-state index in [0.717, 1.165) is 28.2 Å². The van der Waals surface area contributed by atoms with Gasteiger partial charge in [-0.15, -0.1) is 6.07 Å². The van der Waals surface area contributed by atoms with Crippen molar-refractivity contribution in [3.63, 3.8) is 0 Å². The Morgan fingerprint density at radius 2 is 2.00 bits per heavy atom. The van der Waals surface area contributed by atoms with Gasteiger partial charge in [0.15, 0.2) is 0 Å². The SMILES string of the molecule is [Cl][Zn+].[c-]1c[nH]c2ccccc12. The third-order valence-corrected chi connectivity index (χ3v) is 1.38. The maximum absolute atomic E-state index is 4.76. The van der Waals surface area contributed by atoms with Crippen molar-refractivity contribution in [2.24, 2.45) is 0 Å². The Hall–Kier alpha value is -0.327. The van der Waals surface area contributed by atoms with Crippen molar-refractivity contribution in [3.05, 3.63) is 36.5 Å². The van der Waals surface area contributed by atoms with Crippen molar-refractivity contribution in [2.75, 3.05) is 0 Å². The first-order chi connectivity index (χ1) is 5.47. The molecule has 0 spiro atoms. The van der Waals surface area contributed by atoms with Crippen molar-refractivity contribution in [1.29, 1.82) is 0 Å². The van der Waals surface area contributed by atoms with E-state index in [2.05, 4.69) is 11.1 Å². The molecular formula is C8H6ClNZn. The molecule has 0 bridgehead atoms. The van der Waals surface area contributed by atoms with Crippen molar-refractivity contribution >= 4 is 20.6 Å². The van der Waals surface area contributed by atoms with Gasteiger partial charge in [-0.25, -0.2) is 0 Å². The molecule has 1 aromatic heterocycles. The molecule has 1 N–H and O–H groups in total. The van der Waals surface area contributed by atoms with Crippen LogP contribution in [0.3, 0.4) is 0 Å². The van der Waals surface area contributed by atoms with Crippen LogP contribution < -0.4 is 0 Å². The van der Waals surface area contributed by atoms with Crippen LogP contribution in [-0.4, -0.2) is 4.98 Å². The molecule has 0 fully saturated rings. The van der Waals surface area contributed by atoms with Gasteiger partial charge in [0.05, 0.1) is 0 Å². The number of benzene rings is 1. The number of nitrogens with one attached hydrogen (secondary N) is 1. The molecule has 0 saturated carbocycles. The van der Waals surface area contributed by atoms with Gasteiger partial charge in [-0.05, 0) is 0 Å². The van der Waals surface area contributed by atoms with E-state index in [9.17, 15) is 0 Å². The average Bonchev–Trinajstić information content (AvgIpc) is 2.55. The van der Waals surface area contributed by atoms with Gasteiger partial charge >= 0.3 is 27.0 Å². The predicted octanol–water partition coefficient (Wildman–Crippen LogP) is 2.66. The van der Waals surface area contributed by atoms with Crippen LogP contribution in [0.15, 0.2) is 30.5 Å². The average molecular weight is 217 g/mol. The van der Waals surface area contributed by atoms with Gasteiger partial charge in [-0.2, -0.15) is 17.5 Å². The Morgan fingerprint density at radius 1 is 1.27 bits per heavy atom. The fourth-order valence-electron chi connectivity index (χ4n) is 0.926. The van der Waals surface area contributed by atoms with Crippen LogP contribution in [0.25, 0.3) is 10.9 Å². The van der Waals surface area contributed by atoms with Gasteiger partial charge < -0.3 is 4.98 Å². The summed E-state index contributed by atoms with van der Waals surface area (Å²) in [6, 6.07) is 11.1. The molecule has 1 nitrogen and oxygen atoms in total. The molecule has 0 amide bonds. The zero-order chi connectivity index (χ0) is 8.10. The van der Waals surface area contributed by atoms with E-state index in [1.54, 1.807) is 0 Å². The van der Waals surface area contributed by atoms with Crippen LogP contribution in [0, 0.1) is 6.07 Å². The minimum atomic E-state index is 0.847. The number of H-pyrrole nitrogens is 1. The van der Waals surface area contributed by atoms with Crippen LogP contribution in [0.1, 0.15) is 0 Å². The van der Waals surface area contributed by atoms with Crippen molar-refractivity contribution < 1.29 is 17.3 Å². The zero-order valence-electron chi connectivity index (χ0n) is 5.97. The molecule has 0 aliphatic carbocycles. The smallest absolute Gasteiger partial charge is 0.0662 e. The molecule has 0 aliphatic rings. The minimum Gasteiger partial charge on any atom is -0.424 e. The summed E-state index contributed by atoms with van der Waals surface area (Å²) in [5, 5.41) is 1.15. The van der Waals surface area contributed by atoms with Crippen molar-refractivity contribution in [2.45, 2.75) is 0 Å². The van der Waals surface area contributed by atoms with Crippen molar-refractivity contribution in [1.82, 2.24) is 4.98 Å². The van der Waals surface area contributed by atoms with E-state index in [0.29, 0.717) is 0 Å². The predicted molar refractivity (Wildman–Crippen MR) is 43.0 cm³/mol. The van der Waals surface area contributed by atoms with E-state index < -0.39 is 0 Å². The first-order valence-electron chi connectivity index (χ1n) is 3.17. The summed E-state index contributed by atoms with van der Waals surface area (Å²) in [5.74, 6) is 0. The van der Waals surface area contributed by atoms with Crippen LogP contribution in [-0.2, 0) is 17.3 Å². The molecule has 52 valence electrons. The van der Waals surface area contributed by atoms with E-state index in [-0.39, 0.29) is 0 Å². The van der Waals surface area contributed by atoms with Crippen LogP contribution in [0.5, 0.6) is 0 Å². The van der Waals surface area contributed by atoms with E-state index in [4.69, 9.17) is 9.69 Å². The normalized spacial score (nSPS) is 9.00. The molecule has 0 aliphatic heterocycles. The van der Waals surface area contributed by atoms with Gasteiger partial charge in [-0.1, -0.05) is 23.8 Å². The molecule has 1 heterocycles. The summed E-state index contributed by atoms with van der Waals surface area (Å²) in [5.41, 5.74) is 1.15. The third kappa shape index (κ3) is 2.05. The standard InChI is InChI=1S/C8H6N.ClH.Zn/c1-2-4-8-7(3-1)5-6-9-8;;/h1-4,6,9H;1H;/q-1;;+2/p-1. The number of rotatable bonds is 0. The maximum Gasteiger partial charge on any atom is -0.0662 e. The number of aromatic amines is 1. The van der Waals surface area contributed by atoms with Crippen LogP contribution in [0.4, 0.5) is 0 Å². The zero-order valence-corrected chi connectivity index (χ0v) is 9.69. The summed E-state index contributed by atoms with van der Waals surface area (Å²) in [7, 11) is 4.76. The van der Waals surface area contributed by atoms with E-state index in [1.165, 1.54) is 0 Å². The fourth-order valence-corrected chi connectivity index (χ4v) is 0.926. The second-order valence-electron chi connectivity index (χ2n) is 1.98. The molecular weight excluding hydrogens is 211 g/mol. The number of aromatic nitrogens is 1. The van der Waals surface area contributed by atoms with Crippen LogP contribution in [0.2, 0.25) is 0 Å². The Labute approximate surface area is 79.5 Å². The number of halogens is 1. The summed E-state index contributed by atoms with van der Waals surface area (Å²) >= 11 is 0.847. The summed E-state index contributed by atoms with van der Waals surface area (Å²) in [4.78, 5) is 3.06. The Kier molecular flexibility index (Phi) is 3.61. The largest absolute Gasteiger partial charge is 0.424 e. The monoisotopic (exact) mass is 215 g/mol.